The van der Waals surface area contributed by atoms with E-state index in [9.17, 15) is 19.0 Å². The Morgan fingerprint density at radius 3 is 1.53 bits per heavy atom. The van der Waals surface area contributed by atoms with Gasteiger partial charge in [0.25, 0.3) is 0 Å². The minimum Gasteiger partial charge on any atom is -0.462 e. The van der Waals surface area contributed by atoms with Gasteiger partial charge in [-0.1, -0.05) is 133 Å². The molecule has 0 aliphatic heterocycles. The Bertz CT molecular complexity index is 943. The van der Waals surface area contributed by atoms with Crippen LogP contribution in [0.4, 0.5) is 0 Å². The molecule has 284 valence electrons. The molecule has 2 unspecified atom stereocenters. The van der Waals surface area contributed by atoms with Crippen molar-refractivity contribution in [2.75, 3.05) is 20.3 Å². The molecule has 0 aromatic rings. The second-order valence-corrected chi connectivity index (χ2v) is 14.3. The van der Waals surface area contributed by atoms with Gasteiger partial charge in [0.1, 0.15) is 6.61 Å². The fourth-order valence-electron chi connectivity index (χ4n) is 5.00. The van der Waals surface area contributed by atoms with Crippen molar-refractivity contribution in [3.05, 3.63) is 48.6 Å². The van der Waals surface area contributed by atoms with E-state index in [-0.39, 0.29) is 25.4 Å². The third-order valence-electron chi connectivity index (χ3n) is 8.05. The summed E-state index contributed by atoms with van der Waals surface area (Å²) in [6.07, 6.45) is 41.6. The summed E-state index contributed by atoms with van der Waals surface area (Å²) in [5.41, 5.74) is 0. The van der Waals surface area contributed by atoms with Crippen molar-refractivity contribution in [2.45, 2.75) is 174 Å². The summed E-state index contributed by atoms with van der Waals surface area (Å²) in [6, 6.07) is 0. The van der Waals surface area contributed by atoms with E-state index in [0.717, 1.165) is 103 Å². The minimum absolute atomic E-state index is 0.227. The third kappa shape index (κ3) is 35.6. The quantitative estimate of drug-likeness (QED) is 0.0300. The average Bonchev–Trinajstić information content (AvgIpc) is 3.09. The SMILES string of the molecule is CCCC/C=C\CCCCCCCC(=O)OCC(COP(=O)(O)OC)OC(=O)CCCCCCCC/C=C\C/C=C\C/C=C\CCCCC. The maximum absolute atomic E-state index is 12.5. The monoisotopic (exact) mass is 710 g/mol. The van der Waals surface area contributed by atoms with E-state index in [1.807, 2.05) is 0 Å². The average molecular weight is 711 g/mol. The van der Waals surface area contributed by atoms with Crippen LogP contribution in [0.15, 0.2) is 48.6 Å². The third-order valence-corrected chi connectivity index (χ3v) is 8.98. The van der Waals surface area contributed by atoms with E-state index < -0.39 is 26.5 Å². The van der Waals surface area contributed by atoms with Crippen molar-refractivity contribution in [3.63, 3.8) is 0 Å². The van der Waals surface area contributed by atoms with Crippen molar-refractivity contribution in [3.8, 4) is 0 Å². The predicted molar refractivity (Wildman–Crippen MR) is 202 cm³/mol. The summed E-state index contributed by atoms with van der Waals surface area (Å²) in [5, 5.41) is 0. The number of ether oxygens (including phenoxy) is 2. The van der Waals surface area contributed by atoms with Crippen LogP contribution >= 0.6 is 7.82 Å². The van der Waals surface area contributed by atoms with Gasteiger partial charge in [0.05, 0.1) is 6.61 Å². The molecule has 0 radical (unpaired) electrons. The number of carbonyl (C=O) groups excluding carboxylic acids is 2. The smallest absolute Gasteiger partial charge is 0.462 e. The predicted octanol–water partition coefficient (Wildman–Crippen LogP) is 11.8. The van der Waals surface area contributed by atoms with E-state index in [1.54, 1.807) is 0 Å². The van der Waals surface area contributed by atoms with Gasteiger partial charge in [0, 0.05) is 20.0 Å². The van der Waals surface area contributed by atoms with Crippen molar-refractivity contribution in [1.82, 2.24) is 0 Å². The topological polar surface area (TPSA) is 108 Å². The lowest BCUT2D eigenvalue weighted by Gasteiger charge is -2.19. The Kier molecular flexibility index (Phi) is 34.4. The number of esters is 2. The Morgan fingerprint density at radius 1 is 0.571 bits per heavy atom. The number of hydrogen-bond acceptors (Lipinski definition) is 7. The molecule has 9 heteroatoms. The number of hydrogen-bond donors (Lipinski definition) is 1. The zero-order valence-electron chi connectivity index (χ0n) is 31.3. The highest BCUT2D eigenvalue weighted by molar-refractivity contribution is 7.47. The van der Waals surface area contributed by atoms with Gasteiger partial charge in [-0.05, 0) is 70.6 Å². The molecule has 0 amide bonds. The molecule has 0 aromatic heterocycles. The second kappa shape index (κ2) is 35.8. The largest absolute Gasteiger partial charge is 0.472 e. The minimum atomic E-state index is -4.26. The number of phosphoric acid groups is 1. The number of allylic oxidation sites excluding steroid dienone is 8. The Morgan fingerprint density at radius 2 is 1.00 bits per heavy atom. The summed E-state index contributed by atoms with van der Waals surface area (Å²) in [6.45, 7) is 3.79. The molecule has 0 fully saturated rings. The molecule has 0 saturated heterocycles. The van der Waals surface area contributed by atoms with Gasteiger partial charge in [-0.2, -0.15) is 0 Å². The van der Waals surface area contributed by atoms with E-state index in [1.165, 1.54) is 38.5 Å². The molecule has 0 aromatic carbocycles. The van der Waals surface area contributed by atoms with E-state index in [2.05, 4.69) is 67.0 Å². The first-order valence-electron chi connectivity index (χ1n) is 19.3. The standard InChI is InChI=1S/C40H71O8P/c1-4-6-8-10-12-14-16-17-18-19-20-21-22-23-25-27-29-31-33-35-40(42)48-38(37-47-49(43,44)45-3)36-46-39(41)34-32-30-28-26-24-15-13-11-9-7-5-2/h11-14,17-18,20-21,38H,4-10,15-16,19,22-37H2,1-3H3,(H,43,44)/b13-11-,14-12-,18-17-,21-20-. The Balaban J connectivity index is 4.08. The maximum atomic E-state index is 12.5. The second-order valence-electron chi connectivity index (χ2n) is 12.7. The lowest BCUT2D eigenvalue weighted by atomic mass is 10.1. The van der Waals surface area contributed by atoms with E-state index >= 15 is 0 Å². The molecule has 0 rings (SSSR count). The van der Waals surface area contributed by atoms with Gasteiger partial charge in [0.2, 0.25) is 0 Å². The molecular formula is C40H71O8P. The van der Waals surface area contributed by atoms with Crippen LogP contribution in [0.5, 0.6) is 0 Å². The molecule has 0 heterocycles. The van der Waals surface area contributed by atoms with E-state index in [0.29, 0.717) is 6.42 Å². The molecule has 0 aliphatic rings. The molecular weight excluding hydrogens is 639 g/mol. The van der Waals surface area contributed by atoms with Crippen molar-refractivity contribution < 1.29 is 37.6 Å². The molecule has 0 bridgehead atoms. The molecule has 8 nitrogen and oxygen atoms in total. The van der Waals surface area contributed by atoms with Gasteiger partial charge >= 0.3 is 19.8 Å². The molecule has 49 heavy (non-hydrogen) atoms. The molecule has 0 spiro atoms. The summed E-state index contributed by atoms with van der Waals surface area (Å²) in [7, 11) is -3.21. The first kappa shape index (κ1) is 47.0. The fourth-order valence-corrected chi connectivity index (χ4v) is 5.46. The van der Waals surface area contributed by atoms with Gasteiger partial charge < -0.3 is 14.4 Å². The van der Waals surface area contributed by atoms with Crippen molar-refractivity contribution in [1.29, 1.82) is 0 Å². The van der Waals surface area contributed by atoms with Crippen LogP contribution in [0.3, 0.4) is 0 Å². The maximum Gasteiger partial charge on any atom is 0.472 e. The van der Waals surface area contributed by atoms with Gasteiger partial charge in [-0.3, -0.25) is 18.6 Å². The van der Waals surface area contributed by atoms with Crippen molar-refractivity contribution >= 4 is 19.8 Å². The van der Waals surface area contributed by atoms with Gasteiger partial charge in [-0.25, -0.2) is 4.57 Å². The van der Waals surface area contributed by atoms with Crippen LogP contribution in [0, 0.1) is 0 Å². The lowest BCUT2D eigenvalue weighted by Crippen LogP contribution is -2.29. The Labute approximate surface area is 299 Å². The van der Waals surface area contributed by atoms with E-state index in [4.69, 9.17) is 14.0 Å². The van der Waals surface area contributed by atoms with Crippen LogP contribution in [0.25, 0.3) is 0 Å². The highest BCUT2D eigenvalue weighted by atomic mass is 31.2. The molecule has 1 N–H and O–H groups in total. The number of carbonyl (C=O) groups is 2. The van der Waals surface area contributed by atoms with Crippen LogP contribution < -0.4 is 0 Å². The summed E-state index contributed by atoms with van der Waals surface area (Å²) in [4.78, 5) is 34.3. The summed E-state index contributed by atoms with van der Waals surface area (Å²) < 4.78 is 31.8. The normalized spacial score (nSPS) is 14.0. The number of unbranched alkanes of at least 4 members (excludes halogenated alkanes) is 16. The first-order chi connectivity index (χ1) is 23.8. The van der Waals surface area contributed by atoms with Crippen LogP contribution in [0.2, 0.25) is 0 Å². The highest BCUT2D eigenvalue weighted by Gasteiger charge is 2.24. The van der Waals surface area contributed by atoms with Gasteiger partial charge in [0.15, 0.2) is 6.10 Å². The summed E-state index contributed by atoms with van der Waals surface area (Å²) >= 11 is 0. The zero-order valence-corrected chi connectivity index (χ0v) is 32.2. The molecule has 0 saturated carbocycles. The number of phosphoric ester groups is 1. The van der Waals surface area contributed by atoms with Gasteiger partial charge in [-0.15, -0.1) is 0 Å². The fraction of sp³-hybridized carbons (Fsp3) is 0.750. The lowest BCUT2D eigenvalue weighted by molar-refractivity contribution is -0.161. The van der Waals surface area contributed by atoms with Crippen molar-refractivity contribution in [2.24, 2.45) is 0 Å². The van der Waals surface area contributed by atoms with Crippen LogP contribution in [-0.2, 0) is 32.7 Å². The molecule has 2 atom stereocenters. The van der Waals surface area contributed by atoms with Crippen LogP contribution in [0.1, 0.15) is 168 Å². The Hall–Kier alpha value is -1.99. The zero-order chi connectivity index (χ0) is 36.1. The number of rotatable bonds is 35. The summed E-state index contributed by atoms with van der Waals surface area (Å²) in [5.74, 6) is -0.833. The highest BCUT2D eigenvalue weighted by Crippen LogP contribution is 2.42. The first-order valence-corrected chi connectivity index (χ1v) is 20.8. The molecule has 0 aliphatic carbocycles. The van der Waals surface area contributed by atoms with Crippen LogP contribution in [-0.4, -0.2) is 43.3 Å².